The SMILES string of the molecule is O=C(NCc1ccccn1)C(=O)Nc1cc(C(F)(F)F)ccc1Cl. The molecule has 9 heteroatoms. The second-order valence-corrected chi connectivity index (χ2v) is 5.06. The number of aromatic nitrogens is 1. The lowest BCUT2D eigenvalue weighted by atomic mass is 10.2. The molecule has 0 bridgehead atoms. The van der Waals surface area contributed by atoms with Gasteiger partial charge in [0.05, 0.1) is 28.5 Å². The number of hydrogen-bond acceptors (Lipinski definition) is 3. The largest absolute Gasteiger partial charge is 0.416 e. The molecular weight excluding hydrogens is 347 g/mol. The molecule has 0 aliphatic carbocycles. The van der Waals surface area contributed by atoms with Gasteiger partial charge in [0, 0.05) is 6.20 Å². The van der Waals surface area contributed by atoms with E-state index >= 15 is 0 Å². The molecule has 0 aliphatic heterocycles. The van der Waals surface area contributed by atoms with Gasteiger partial charge >= 0.3 is 18.0 Å². The van der Waals surface area contributed by atoms with E-state index in [1.165, 1.54) is 6.20 Å². The normalized spacial score (nSPS) is 11.0. The van der Waals surface area contributed by atoms with Gasteiger partial charge < -0.3 is 10.6 Å². The van der Waals surface area contributed by atoms with Gasteiger partial charge in [-0.1, -0.05) is 17.7 Å². The van der Waals surface area contributed by atoms with Crippen molar-refractivity contribution in [3.63, 3.8) is 0 Å². The van der Waals surface area contributed by atoms with Crippen molar-refractivity contribution in [2.45, 2.75) is 12.7 Å². The number of benzene rings is 1. The molecule has 0 saturated heterocycles. The molecule has 0 spiro atoms. The van der Waals surface area contributed by atoms with Crippen LogP contribution in [0.1, 0.15) is 11.3 Å². The first-order chi connectivity index (χ1) is 11.3. The predicted molar refractivity (Wildman–Crippen MR) is 81.2 cm³/mol. The van der Waals surface area contributed by atoms with E-state index in [2.05, 4.69) is 15.6 Å². The summed E-state index contributed by atoms with van der Waals surface area (Å²) >= 11 is 5.74. The fourth-order valence-corrected chi connectivity index (χ4v) is 1.90. The molecule has 1 aromatic heterocycles. The van der Waals surface area contributed by atoms with Gasteiger partial charge in [-0.2, -0.15) is 13.2 Å². The first kappa shape index (κ1) is 17.7. The van der Waals surface area contributed by atoms with Gasteiger partial charge in [-0.15, -0.1) is 0 Å². The Morgan fingerprint density at radius 1 is 1.12 bits per heavy atom. The number of nitrogens with zero attached hydrogens (tertiary/aromatic N) is 1. The Balaban J connectivity index is 2.02. The quantitative estimate of drug-likeness (QED) is 0.829. The van der Waals surface area contributed by atoms with Crippen LogP contribution in [0.5, 0.6) is 0 Å². The summed E-state index contributed by atoms with van der Waals surface area (Å²) in [7, 11) is 0. The lowest BCUT2D eigenvalue weighted by Gasteiger charge is -2.11. The molecule has 1 aromatic carbocycles. The van der Waals surface area contributed by atoms with Crippen LogP contribution < -0.4 is 10.6 Å². The van der Waals surface area contributed by atoms with Crippen molar-refractivity contribution >= 4 is 29.1 Å². The minimum Gasteiger partial charge on any atom is -0.342 e. The third-order valence-corrected chi connectivity index (χ3v) is 3.23. The van der Waals surface area contributed by atoms with E-state index < -0.39 is 23.6 Å². The molecule has 0 atom stereocenters. The highest BCUT2D eigenvalue weighted by Crippen LogP contribution is 2.33. The molecule has 0 aliphatic rings. The number of carbonyl (C=O) groups is 2. The van der Waals surface area contributed by atoms with E-state index in [0.29, 0.717) is 11.8 Å². The zero-order chi connectivity index (χ0) is 17.7. The van der Waals surface area contributed by atoms with Crippen molar-refractivity contribution in [1.82, 2.24) is 10.3 Å². The first-order valence-electron chi connectivity index (χ1n) is 6.63. The monoisotopic (exact) mass is 357 g/mol. The number of rotatable bonds is 3. The number of nitrogens with one attached hydrogen (secondary N) is 2. The Labute approximate surface area is 139 Å². The van der Waals surface area contributed by atoms with Crippen LogP contribution in [0.4, 0.5) is 18.9 Å². The molecule has 2 aromatic rings. The van der Waals surface area contributed by atoms with Crippen molar-refractivity contribution in [2.24, 2.45) is 0 Å². The van der Waals surface area contributed by atoms with Crippen LogP contribution in [0.25, 0.3) is 0 Å². The number of carbonyl (C=O) groups excluding carboxylic acids is 2. The van der Waals surface area contributed by atoms with Crippen molar-refractivity contribution in [3.05, 3.63) is 58.9 Å². The molecule has 2 amide bonds. The van der Waals surface area contributed by atoms with Gasteiger partial charge in [0.15, 0.2) is 0 Å². The van der Waals surface area contributed by atoms with E-state index in [9.17, 15) is 22.8 Å². The average Bonchev–Trinajstić information content (AvgIpc) is 2.54. The molecular formula is C15H11ClF3N3O2. The molecule has 24 heavy (non-hydrogen) atoms. The fourth-order valence-electron chi connectivity index (χ4n) is 1.73. The topological polar surface area (TPSA) is 71.1 Å². The Bertz CT molecular complexity index is 751. The molecule has 0 radical (unpaired) electrons. The molecule has 5 nitrogen and oxygen atoms in total. The summed E-state index contributed by atoms with van der Waals surface area (Å²) in [6, 6.07) is 7.46. The van der Waals surface area contributed by atoms with Crippen molar-refractivity contribution in [2.75, 3.05) is 5.32 Å². The predicted octanol–water partition coefficient (Wildman–Crippen LogP) is 3.01. The number of amides is 2. The molecule has 2 N–H and O–H groups in total. The van der Waals surface area contributed by atoms with Crippen molar-refractivity contribution < 1.29 is 22.8 Å². The molecule has 0 fully saturated rings. The molecule has 1 heterocycles. The minimum absolute atomic E-state index is 0.00339. The molecule has 0 unspecified atom stereocenters. The van der Waals surface area contributed by atoms with Gasteiger partial charge in [-0.05, 0) is 30.3 Å². The van der Waals surface area contributed by atoms with Crippen LogP contribution in [-0.4, -0.2) is 16.8 Å². The van der Waals surface area contributed by atoms with Crippen LogP contribution >= 0.6 is 11.6 Å². The maximum Gasteiger partial charge on any atom is 0.416 e. The zero-order valence-electron chi connectivity index (χ0n) is 12.0. The highest BCUT2D eigenvalue weighted by Gasteiger charge is 2.31. The van der Waals surface area contributed by atoms with E-state index in [1.54, 1.807) is 18.2 Å². The lowest BCUT2D eigenvalue weighted by molar-refractivity contribution is -0.137. The lowest BCUT2D eigenvalue weighted by Crippen LogP contribution is -2.35. The van der Waals surface area contributed by atoms with Crippen molar-refractivity contribution in [3.8, 4) is 0 Å². The van der Waals surface area contributed by atoms with Crippen molar-refractivity contribution in [1.29, 1.82) is 0 Å². The Hall–Kier alpha value is -2.61. The summed E-state index contributed by atoms with van der Waals surface area (Å²) in [4.78, 5) is 27.4. The second-order valence-electron chi connectivity index (χ2n) is 4.65. The van der Waals surface area contributed by atoms with Gasteiger partial charge in [0.1, 0.15) is 0 Å². The Morgan fingerprint density at radius 3 is 2.50 bits per heavy atom. The number of alkyl halides is 3. The van der Waals surface area contributed by atoms with Crippen LogP contribution in [0.2, 0.25) is 5.02 Å². The standard InChI is InChI=1S/C15H11ClF3N3O2/c16-11-5-4-9(15(17,18)19)7-12(11)22-14(24)13(23)21-8-10-3-1-2-6-20-10/h1-7H,8H2,(H,21,23)(H,22,24). The number of anilines is 1. The van der Waals surface area contributed by atoms with E-state index in [0.717, 1.165) is 12.1 Å². The summed E-state index contributed by atoms with van der Waals surface area (Å²) < 4.78 is 38.0. The highest BCUT2D eigenvalue weighted by atomic mass is 35.5. The maximum absolute atomic E-state index is 12.7. The molecule has 126 valence electrons. The van der Waals surface area contributed by atoms with Crippen LogP contribution in [-0.2, 0) is 22.3 Å². The maximum atomic E-state index is 12.7. The smallest absolute Gasteiger partial charge is 0.342 e. The summed E-state index contributed by atoms with van der Waals surface area (Å²) in [5.41, 5.74) is -0.767. The van der Waals surface area contributed by atoms with E-state index in [-0.39, 0.29) is 17.3 Å². The number of hydrogen-bond donors (Lipinski definition) is 2. The van der Waals surface area contributed by atoms with Crippen LogP contribution in [0.3, 0.4) is 0 Å². The molecule has 0 saturated carbocycles. The fraction of sp³-hybridized carbons (Fsp3) is 0.133. The Kier molecular flexibility index (Phi) is 5.40. The second kappa shape index (κ2) is 7.31. The average molecular weight is 358 g/mol. The summed E-state index contributed by atoms with van der Waals surface area (Å²) in [6.07, 6.45) is -3.07. The third-order valence-electron chi connectivity index (χ3n) is 2.90. The zero-order valence-corrected chi connectivity index (χ0v) is 12.8. The summed E-state index contributed by atoms with van der Waals surface area (Å²) in [5, 5.41) is 4.24. The van der Waals surface area contributed by atoms with Gasteiger partial charge in [0.25, 0.3) is 0 Å². The van der Waals surface area contributed by atoms with E-state index in [1.807, 2.05) is 0 Å². The minimum atomic E-state index is -4.59. The van der Waals surface area contributed by atoms with Gasteiger partial charge in [-0.3, -0.25) is 14.6 Å². The van der Waals surface area contributed by atoms with Gasteiger partial charge in [-0.25, -0.2) is 0 Å². The summed E-state index contributed by atoms with van der Waals surface area (Å²) in [5.74, 6) is -2.15. The van der Waals surface area contributed by atoms with E-state index in [4.69, 9.17) is 11.6 Å². The van der Waals surface area contributed by atoms with Crippen LogP contribution in [0, 0.1) is 0 Å². The molecule has 2 rings (SSSR count). The van der Waals surface area contributed by atoms with Crippen LogP contribution in [0.15, 0.2) is 42.6 Å². The summed E-state index contributed by atoms with van der Waals surface area (Å²) in [6.45, 7) is 0.00339. The number of halogens is 4. The third kappa shape index (κ3) is 4.69. The number of pyridine rings is 1. The van der Waals surface area contributed by atoms with Gasteiger partial charge in [0.2, 0.25) is 0 Å². The first-order valence-corrected chi connectivity index (χ1v) is 7.01. The highest BCUT2D eigenvalue weighted by molar-refractivity contribution is 6.41. The Morgan fingerprint density at radius 2 is 1.88 bits per heavy atom.